The average molecular weight is 337 g/mol. The van der Waals surface area contributed by atoms with Crippen molar-refractivity contribution in [3.8, 4) is 11.3 Å². The van der Waals surface area contributed by atoms with E-state index in [2.05, 4.69) is 21.3 Å². The molecule has 1 unspecified atom stereocenters. The smallest absolute Gasteiger partial charge is 0.323 e. The van der Waals surface area contributed by atoms with Crippen LogP contribution in [0.15, 0.2) is 30.5 Å². The number of carbonyl (C=O) groups excluding carboxylic acids is 1. The number of carbonyl (C=O) groups is 1. The van der Waals surface area contributed by atoms with E-state index in [4.69, 9.17) is 4.98 Å². The fourth-order valence-corrected chi connectivity index (χ4v) is 3.57. The predicted octanol–water partition coefficient (Wildman–Crippen LogP) is 2.97. The number of urea groups is 1. The Morgan fingerprint density at radius 2 is 2.12 bits per heavy atom. The Morgan fingerprint density at radius 3 is 2.84 bits per heavy atom. The summed E-state index contributed by atoms with van der Waals surface area (Å²) in [6.07, 6.45) is 2.81. The lowest BCUT2D eigenvalue weighted by atomic mass is 10.1. The standard InChI is InChI=1S/C19H23N5O/c1-12(2)21-19(25)24-15-8-9-23(11-15)17-7-6-16(22-18(17)24)14-5-4-13(3)20-10-14/h4-7,10,12,15H,8-9,11H2,1-3H3,(H,21,25). The molecule has 1 saturated heterocycles. The molecule has 2 aromatic rings. The summed E-state index contributed by atoms with van der Waals surface area (Å²) in [5.41, 5.74) is 3.82. The molecule has 0 aromatic carbocycles. The molecule has 0 spiro atoms. The molecule has 0 radical (unpaired) electrons. The Kier molecular flexibility index (Phi) is 3.82. The minimum absolute atomic E-state index is 0.0607. The summed E-state index contributed by atoms with van der Waals surface area (Å²) < 4.78 is 0. The van der Waals surface area contributed by atoms with Gasteiger partial charge in [0.15, 0.2) is 5.82 Å². The maximum atomic E-state index is 12.8. The van der Waals surface area contributed by atoms with Gasteiger partial charge in [0.05, 0.1) is 17.4 Å². The molecule has 25 heavy (non-hydrogen) atoms. The van der Waals surface area contributed by atoms with E-state index in [1.165, 1.54) is 0 Å². The van der Waals surface area contributed by atoms with Gasteiger partial charge in [-0.3, -0.25) is 9.88 Å². The second kappa shape index (κ2) is 6.02. The number of amides is 2. The van der Waals surface area contributed by atoms with E-state index in [-0.39, 0.29) is 18.1 Å². The molecule has 6 heteroatoms. The molecule has 4 heterocycles. The van der Waals surface area contributed by atoms with E-state index < -0.39 is 0 Å². The molecule has 2 bridgehead atoms. The lowest BCUT2D eigenvalue weighted by molar-refractivity contribution is 0.242. The highest BCUT2D eigenvalue weighted by molar-refractivity contribution is 5.97. The molecule has 2 aliphatic heterocycles. The van der Waals surface area contributed by atoms with Crippen LogP contribution < -0.4 is 15.1 Å². The van der Waals surface area contributed by atoms with Crippen LogP contribution in [0.5, 0.6) is 0 Å². The molecule has 1 N–H and O–H groups in total. The minimum atomic E-state index is -0.0607. The van der Waals surface area contributed by atoms with Crippen LogP contribution in [0.4, 0.5) is 16.3 Å². The SMILES string of the molecule is Cc1ccc(-c2ccc3c(n2)N(C(=O)NC(C)C)C2CCN3C2)cn1. The molecule has 2 aromatic heterocycles. The van der Waals surface area contributed by atoms with Crippen molar-refractivity contribution in [3.63, 3.8) is 0 Å². The maximum absolute atomic E-state index is 12.8. The molecule has 0 saturated carbocycles. The zero-order valence-electron chi connectivity index (χ0n) is 14.9. The Bertz CT molecular complexity index is 802. The van der Waals surface area contributed by atoms with Crippen molar-refractivity contribution < 1.29 is 4.79 Å². The van der Waals surface area contributed by atoms with Crippen LogP contribution in [0.25, 0.3) is 11.3 Å². The largest absolute Gasteiger partial charge is 0.366 e. The van der Waals surface area contributed by atoms with Crippen LogP contribution in [0, 0.1) is 6.92 Å². The second-order valence-electron chi connectivity index (χ2n) is 7.09. The molecular weight excluding hydrogens is 314 g/mol. The highest BCUT2D eigenvalue weighted by atomic mass is 16.2. The highest BCUT2D eigenvalue weighted by Crippen LogP contribution is 2.40. The maximum Gasteiger partial charge on any atom is 0.323 e. The number of aromatic nitrogens is 2. The van der Waals surface area contributed by atoms with Crippen molar-refractivity contribution in [2.45, 2.75) is 39.3 Å². The summed E-state index contributed by atoms with van der Waals surface area (Å²) in [6.45, 7) is 7.77. The lowest BCUT2D eigenvalue weighted by Crippen LogP contribution is -2.52. The quantitative estimate of drug-likeness (QED) is 0.915. The van der Waals surface area contributed by atoms with Crippen molar-refractivity contribution in [1.82, 2.24) is 15.3 Å². The van der Waals surface area contributed by atoms with E-state index in [0.29, 0.717) is 0 Å². The van der Waals surface area contributed by atoms with E-state index in [0.717, 1.165) is 48.0 Å². The molecule has 130 valence electrons. The number of rotatable bonds is 2. The Morgan fingerprint density at radius 1 is 1.28 bits per heavy atom. The molecule has 4 rings (SSSR count). The topological polar surface area (TPSA) is 61.4 Å². The summed E-state index contributed by atoms with van der Waals surface area (Å²) in [7, 11) is 0. The van der Waals surface area contributed by atoms with Crippen LogP contribution in [0.3, 0.4) is 0 Å². The monoisotopic (exact) mass is 337 g/mol. The number of fused-ring (bicyclic) bond motifs is 4. The second-order valence-corrected chi connectivity index (χ2v) is 7.09. The van der Waals surface area contributed by atoms with Gasteiger partial charge >= 0.3 is 6.03 Å². The van der Waals surface area contributed by atoms with Crippen molar-refractivity contribution in [1.29, 1.82) is 0 Å². The van der Waals surface area contributed by atoms with Crippen LogP contribution in [-0.4, -0.2) is 41.2 Å². The molecule has 1 fully saturated rings. The number of pyridine rings is 2. The van der Waals surface area contributed by atoms with E-state index >= 15 is 0 Å². The predicted molar refractivity (Wildman–Crippen MR) is 99.0 cm³/mol. The van der Waals surface area contributed by atoms with Crippen LogP contribution in [-0.2, 0) is 0 Å². The van der Waals surface area contributed by atoms with Gasteiger partial charge in [-0.15, -0.1) is 0 Å². The summed E-state index contributed by atoms with van der Waals surface area (Å²) in [5, 5.41) is 3.02. The van der Waals surface area contributed by atoms with Crippen LogP contribution >= 0.6 is 0 Å². The van der Waals surface area contributed by atoms with Gasteiger partial charge in [-0.2, -0.15) is 0 Å². The van der Waals surface area contributed by atoms with Gasteiger partial charge in [0, 0.05) is 36.6 Å². The lowest BCUT2D eigenvalue weighted by Gasteiger charge is -2.36. The van der Waals surface area contributed by atoms with Crippen molar-refractivity contribution in [2.75, 3.05) is 22.9 Å². The molecule has 2 aliphatic rings. The summed E-state index contributed by atoms with van der Waals surface area (Å²) >= 11 is 0. The molecular formula is C19H23N5O. The van der Waals surface area contributed by atoms with Gasteiger partial charge in [0.2, 0.25) is 0 Å². The average Bonchev–Trinajstić information content (AvgIpc) is 2.99. The van der Waals surface area contributed by atoms with Gasteiger partial charge in [-0.05, 0) is 51.5 Å². The fourth-order valence-electron chi connectivity index (χ4n) is 3.57. The van der Waals surface area contributed by atoms with Gasteiger partial charge < -0.3 is 10.2 Å². The zero-order chi connectivity index (χ0) is 17.6. The van der Waals surface area contributed by atoms with E-state index in [1.54, 1.807) is 0 Å². The first kappa shape index (κ1) is 15.9. The summed E-state index contributed by atoms with van der Waals surface area (Å²) in [4.78, 5) is 26.2. The van der Waals surface area contributed by atoms with Gasteiger partial charge in [-0.1, -0.05) is 0 Å². The number of nitrogens with zero attached hydrogens (tertiary/aromatic N) is 4. The number of nitrogens with one attached hydrogen (secondary N) is 1. The first-order valence-corrected chi connectivity index (χ1v) is 8.81. The van der Waals surface area contributed by atoms with E-state index in [1.807, 2.05) is 50.1 Å². The normalized spacial score (nSPS) is 18.5. The van der Waals surface area contributed by atoms with Gasteiger partial charge in [0.25, 0.3) is 0 Å². The Balaban J connectivity index is 1.76. The van der Waals surface area contributed by atoms with Crippen molar-refractivity contribution in [2.24, 2.45) is 0 Å². The summed E-state index contributed by atoms with van der Waals surface area (Å²) in [5.74, 6) is 0.755. The summed E-state index contributed by atoms with van der Waals surface area (Å²) in [6, 6.07) is 8.32. The minimum Gasteiger partial charge on any atom is -0.366 e. The third kappa shape index (κ3) is 2.81. The Hall–Kier alpha value is -2.63. The first-order valence-electron chi connectivity index (χ1n) is 8.81. The van der Waals surface area contributed by atoms with Crippen molar-refractivity contribution in [3.05, 3.63) is 36.2 Å². The molecule has 6 nitrogen and oxygen atoms in total. The van der Waals surface area contributed by atoms with Crippen LogP contribution in [0.1, 0.15) is 26.0 Å². The number of hydrogen-bond donors (Lipinski definition) is 1. The van der Waals surface area contributed by atoms with Gasteiger partial charge in [0.1, 0.15) is 0 Å². The fraction of sp³-hybridized carbons (Fsp3) is 0.421. The Labute approximate surface area is 147 Å². The van der Waals surface area contributed by atoms with Gasteiger partial charge in [-0.25, -0.2) is 9.78 Å². The zero-order valence-corrected chi connectivity index (χ0v) is 14.9. The molecule has 1 atom stereocenters. The number of hydrogen-bond acceptors (Lipinski definition) is 4. The van der Waals surface area contributed by atoms with Crippen LogP contribution in [0.2, 0.25) is 0 Å². The van der Waals surface area contributed by atoms with E-state index in [9.17, 15) is 4.79 Å². The number of anilines is 2. The first-order chi connectivity index (χ1) is 12.0. The highest BCUT2D eigenvalue weighted by Gasteiger charge is 2.40. The number of aryl methyl sites for hydroxylation is 1. The third-order valence-corrected chi connectivity index (χ3v) is 4.79. The third-order valence-electron chi connectivity index (χ3n) is 4.79. The van der Waals surface area contributed by atoms with Crippen molar-refractivity contribution >= 4 is 17.5 Å². The molecule has 2 amide bonds. The molecule has 0 aliphatic carbocycles.